The summed E-state index contributed by atoms with van der Waals surface area (Å²) in [6, 6.07) is 5.61. The molecule has 0 saturated heterocycles. The first-order chi connectivity index (χ1) is 8.47. The molecule has 2 aliphatic rings. The summed E-state index contributed by atoms with van der Waals surface area (Å²) >= 11 is 0. The molecule has 0 bridgehead atoms. The Morgan fingerprint density at radius 2 is 2.06 bits per heavy atom. The van der Waals surface area contributed by atoms with Crippen molar-refractivity contribution in [3.05, 3.63) is 23.8 Å². The number of phenolic OH excluding ortho intramolecular Hbond substituents is 1. The molecule has 1 aromatic rings. The molecule has 1 N–H and O–H groups in total. The largest absolute Gasteiger partial charge is 0.508 e. The number of rotatable bonds is 0. The van der Waals surface area contributed by atoms with Crippen molar-refractivity contribution >= 4 is 0 Å². The van der Waals surface area contributed by atoms with Crippen LogP contribution in [-0.2, 0) is 0 Å². The average molecular weight is 246 g/mol. The second kappa shape index (κ2) is 3.91. The first kappa shape index (κ1) is 11.9. The highest BCUT2D eigenvalue weighted by Gasteiger charge is 2.45. The Morgan fingerprint density at radius 1 is 1.28 bits per heavy atom. The van der Waals surface area contributed by atoms with Gasteiger partial charge in [-0.15, -0.1) is 0 Å². The second-order valence-corrected chi connectivity index (χ2v) is 6.56. The van der Waals surface area contributed by atoms with Gasteiger partial charge in [-0.25, -0.2) is 0 Å². The smallest absolute Gasteiger partial charge is 0.127 e. The van der Waals surface area contributed by atoms with E-state index in [0.717, 1.165) is 11.7 Å². The second-order valence-electron chi connectivity index (χ2n) is 6.56. The fourth-order valence-corrected chi connectivity index (χ4v) is 3.83. The molecule has 18 heavy (non-hydrogen) atoms. The fourth-order valence-electron chi connectivity index (χ4n) is 3.83. The van der Waals surface area contributed by atoms with E-state index in [9.17, 15) is 5.11 Å². The van der Waals surface area contributed by atoms with Crippen molar-refractivity contribution in [1.82, 2.24) is 0 Å². The Morgan fingerprint density at radius 3 is 2.83 bits per heavy atom. The van der Waals surface area contributed by atoms with Gasteiger partial charge in [0.2, 0.25) is 0 Å². The van der Waals surface area contributed by atoms with Crippen LogP contribution < -0.4 is 4.74 Å². The van der Waals surface area contributed by atoms with E-state index in [1.165, 1.54) is 24.8 Å². The number of hydrogen-bond donors (Lipinski definition) is 1. The van der Waals surface area contributed by atoms with E-state index in [0.29, 0.717) is 17.6 Å². The third-order valence-electron chi connectivity index (χ3n) is 4.78. The minimum absolute atomic E-state index is 0.119. The van der Waals surface area contributed by atoms with Crippen LogP contribution in [0.4, 0.5) is 0 Å². The monoisotopic (exact) mass is 246 g/mol. The molecule has 0 radical (unpaired) electrons. The highest BCUT2D eigenvalue weighted by molar-refractivity contribution is 5.45. The summed E-state index contributed by atoms with van der Waals surface area (Å²) in [6.45, 7) is 6.72. The highest BCUT2D eigenvalue weighted by Crippen LogP contribution is 2.53. The Kier molecular flexibility index (Phi) is 2.58. The molecule has 1 aliphatic carbocycles. The third kappa shape index (κ3) is 1.79. The van der Waals surface area contributed by atoms with E-state index < -0.39 is 0 Å². The summed E-state index contributed by atoms with van der Waals surface area (Å²) < 4.78 is 6.14. The number of ether oxygens (including phenoxy) is 1. The maximum Gasteiger partial charge on any atom is 0.127 e. The van der Waals surface area contributed by atoms with Crippen LogP contribution in [0.5, 0.6) is 11.5 Å². The van der Waals surface area contributed by atoms with Gasteiger partial charge in [0.1, 0.15) is 17.1 Å². The van der Waals surface area contributed by atoms with Crippen molar-refractivity contribution in [1.29, 1.82) is 0 Å². The molecule has 1 aromatic carbocycles. The molecule has 98 valence electrons. The van der Waals surface area contributed by atoms with Crippen LogP contribution in [0.15, 0.2) is 18.2 Å². The predicted octanol–water partition coefficient (Wildman–Crippen LogP) is 4.08. The van der Waals surface area contributed by atoms with Crippen molar-refractivity contribution in [2.75, 3.05) is 0 Å². The molecule has 1 saturated carbocycles. The summed E-state index contributed by atoms with van der Waals surface area (Å²) in [6.07, 6.45) is 3.80. The van der Waals surface area contributed by atoms with Gasteiger partial charge in [-0.1, -0.05) is 19.4 Å². The fraction of sp³-hybridized carbons (Fsp3) is 0.625. The van der Waals surface area contributed by atoms with Crippen molar-refractivity contribution < 1.29 is 9.84 Å². The molecule has 1 fully saturated rings. The van der Waals surface area contributed by atoms with Crippen LogP contribution in [0.2, 0.25) is 0 Å². The van der Waals surface area contributed by atoms with Gasteiger partial charge in [0.05, 0.1) is 0 Å². The van der Waals surface area contributed by atoms with Crippen LogP contribution in [0, 0.1) is 11.8 Å². The zero-order valence-electron chi connectivity index (χ0n) is 11.4. The molecule has 3 atom stereocenters. The quantitative estimate of drug-likeness (QED) is 0.747. The standard InChI is InChI=1S/C16H22O2/c1-10-4-7-14-13(8-10)12-6-5-11(17)9-15(12)18-16(14,2)3/h5-6,9-10,13-14,17H,4,7-8H2,1-3H3/t10-,13?,14-/m1/s1. The Balaban J connectivity index is 2.06. The maximum atomic E-state index is 9.63. The average Bonchev–Trinajstić information content (AvgIpc) is 2.27. The van der Waals surface area contributed by atoms with Gasteiger partial charge in [0, 0.05) is 12.0 Å². The molecule has 0 aromatic heterocycles. The lowest BCUT2D eigenvalue weighted by Gasteiger charge is -2.48. The summed E-state index contributed by atoms with van der Waals surface area (Å²) in [5, 5.41) is 9.63. The molecule has 2 heteroatoms. The van der Waals surface area contributed by atoms with Crippen LogP contribution in [0.25, 0.3) is 0 Å². The van der Waals surface area contributed by atoms with E-state index in [2.05, 4.69) is 26.8 Å². The Hall–Kier alpha value is -1.18. The maximum absolute atomic E-state index is 9.63. The number of fused-ring (bicyclic) bond motifs is 3. The zero-order chi connectivity index (χ0) is 12.9. The third-order valence-corrected chi connectivity index (χ3v) is 4.78. The number of aromatic hydroxyl groups is 1. The van der Waals surface area contributed by atoms with Gasteiger partial charge < -0.3 is 9.84 Å². The van der Waals surface area contributed by atoms with Crippen molar-refractivity contribution in [2.24, 2.45) is 11.8 Å². The zero-order valence-corrected chi connectivity index (χ0v) is 11.4. The predicted molar refractivity (Wildman–Crippen MR) is 72.1 cm³/mol. The van der Waals surface area contributed by atoms with E-state index in [1.807, 2.05) is 0 Å². The molecule has 1 unspecified atom stereocenters. The SMILES string of the molecule is C[C@@H]1CC[C@@H]2C(C1)c1ccc(O)cc1OC2(C)C. The molecule has 1 heterocycles. The van der Waals surface area contributed by atoms with Crippen LogP contribution >= 0.6 is 0 Å². The molecule has 2 nitrogen and oxygen atoms in total. The Bertz CT molecular complexity index is 464. The van der Waals surface area contributed by atoms with Gasteiger partial charge in [0.15, 0.2) is 0 Å². The minimum atomic E-state index is -0.119. The van der Waals surface area contributed by atoms with Gasteiger partial charge in [-0.3, -0.25) is 0 Å². The normalized spacial score (nSPS) is 33.2. The van der Waals surface area contributed by atoms with E-state index in [4.69, 9.17) is 4.74 Å². The number of benzene rings is 1. The number of hydrogen-bond acceptors (Lipinski definition) is 2. The van der Waals surface area contributed by atoms with Gasteiger partial charge in [0.25, 0.3) is 0 Å². The minimum Gasteiger partial charge on any atom is -0.508 e. The van der Waals surface area contributed by atoms with E-state index in [-0.39, 0.29) is 5.60 Å². The lowest BCUT2D eigenvalue weighted by atomic mass is 9.64. The Labute approximate surface area is 109 Å². The summed E-state index contributed by atoms with van der Waals surface area (Å²) in [7, 11) is 0. The lowest BCUT2D eigenvalue weighted by molar-refractivity contribution is -0.0137. The van der Waals surface area contributed by atoms with Crippen molar-refractivity contribution in [3.8, 4) is 11.5 Å². The molecule has 0 amide bonds. The lowest BCUT2D eigenvalue weighted by Crippen LogP contribution is -2.46. The van der Waals surface area contributed by atoms with Crippen LogP contribution in [-0.4, -0.2) is 10.7 Å². The number of phenols is 1. The van der Waals surface area contributed by atoms with Gasteiger partial charge >= 0.3 is 0 Å². The summed E-state index contributed by atoms with van der Waals surface area (Å²) in [5.74, 6) is 3.17. The van der Waals surface area contributed by atoms with Crippen molar-refractivity contribution in [2.45, 2.75) is 51.6 Å². The molecule has 1 aliphatic heterocycles. The van der Waals surface area contributed by atoms with Crippen LogP contribution in [0.1, 0.15) is 51.5 Å². The molecular formula is C16H22O2. The molecular weight excluding hydrogens is 224 g/mol. The van der Waals surface area contributed by atoms with Gasteiger partial charge in [-0.05, 0) is 50.2 Å². The molecule has 3 rings (SSSR count). The van der Waals surface area contributed by atoms with E-state index in [1.54, 1.807) is 12.1 Å². The highest BCUT2D eigenvalue weighted by atomic mass is 16.5. The topological polar surface area (TPSA) is 29.5 Å². The summed E-state index contributed by atoms with van der Waals surface area (Å²) in [4.78, 5) is 0. The van der Waals surface area contributed by atoms with E-state index >= 15 is 0 Å². The van der Waals surface area contributed by atoms with Crippen molar-refractivity contribution in [3.63, 3.8) is 0 Å². The molecule has 0 spiro atoms. The summed E-state index contributed by atoms with van der Waals surface area (Å²) in [5.41, 5.74) is 1.18. The first-order valence-corrected chi connectivity index (χ1v) is 6.99. The van der Waals surface area contributed by atoms with Crippen LogP contribution in [0.3, 0.4) is 0 Å². The first-order valence-electron chi connectivity index (χ1n) is 6.99. The van der Waals surface area contributed by atoms with Gasteiger partial charge in [-0.2, -0.15) is 0 Å².